The van der Waals surface area contributed by atoms with Gasteiger partial charge in [0.25, 0.3) is 5.56 Å². The number of nitrogens with one attached hydrogen (secondary N) is 1. The lowest BCUT2D eigenvalue weighted by Crippen LogP contribution is -2.33. The maximum absolute atomic E-state index is 12.3. The van der Waals surface area contributed by atoms with Crippen molar-refractivity contribution in [3.63, 3.8) is 0 Å². The van der Waals surface area contributed by atoms with E-state index in [1.165, 1.54) is 4.57 Å². The first-order valence-corrected chi connectivity index (χ1v) is 9.44. The molecule has 144 valence electrons. The number of hydrogen-bond donors (Lipinski definition) is 1. The monoisotopic (exact) mass is 397 g/mol. The minimum atomic E-state index is -0.534. The number of nitrogens with zero attached hydrogens (tertiary/aromatic N) is 2. The number of H-pyrrole nitrogens is 1. The highest BCUT2D eigenvalue weighted by Gasteiger charge is 2.37. The van der Waals surface area contributed by atoms with Crippen LogP contribution in [0.15, 0.2) is 70.4 Å². The van der Waals surface area contributed by atoms with Crippen LogP contribution in [-0.4, -0.2) is 14.6 Å². The third kappa shape index (κ3) is 3.67. The molecule has 28 heavy (non-hydrogen) atoms. The van der Waals surface area contributed by atoms with Crippen molar-refractivity contribution in [2.75, 3.05) is 0 Å². The summed E-state index contributed by atoms with van der Waals surface area (Å²) in [5, 5.41) is 2.51. The number of hydroxylamine groups is 2. The Bertz CT molecular complexity index is 1090. The summed E-state index contributed by atoms with van der Waals surface area (Å²) < 4.78 is 1.44. The molecule has 0 bridgehead atoms. The van der Waals surface area contributed by atoms with Gasteiger partial charge in [-0.2, -0.15) is 5.06 Å². The predicted molar refractivity (Wildman–Crippen MR) is 107 cm³/mol. The minimum Gasteiger partial charge on any atom is -0.274 e. The standard InChI is InChI=1S/C21H20ClN3O3/c1-14-12-24(21(27)23-20(14)26)19-11-18(16-9-5-6-10-17(16)22)25(28-19)13-15-7-3-2-4-8-15/h2-10,12,18-19H,11,13H2,1H3,(H,23,26,27)/t18-,19+/m0/s1. The predicted octanol–water partition coefficient (Wildman–Crippen LogP) is 3.58. The van der Waals surface area contributed by atoms with E-state index in [1.807, 2.05) is 59.7 Å². The molecule has 1 aromatic heterocycles. The Labute approximate surface area is 166 Å². The van der Waals surface area contributed by atoms with Gasteiger partial charge in [-0.3, -0.25) is 19.2 Å². The van der Waals surface area contributed by atoms with Crippen molar-refractivity contribution in [3.8, 4) is 0 Å². The maximum Gasteiger partial charge on any atom is 0.330 e. The van der Waals surface area contributed by atoms with Gasteiger partial charge in [-0.1, -0.05) is 60.1 Å². The van der Waals surface area contributed by atoms with Crippen molar-refractivity contribution in [1.29, 1.82) is 0 Å². The lowest BCUT2D eigenvalue weighted by atomic mass is 10.0. The van der Waals surface area contributed by atoms with Crippen LogP contribution in [0.3, 0.4) is 0 Å². The first kappa shape index (κ1) is 18.7. The first-order valence-electron chi connectivity index (χ1n) is 9.07. The van der Waals surface area contributed by atoms with E-state index in [0.29, 0.717) is 23.6 Å². The van der Waals surface area contributed by atoms with Crippen LogP contribution in [0.2, 0.25) is 5.02 Å². The lowest BCUT2D eigenvalue weighted by molar-refractivity contribution is -0.191. The summed E-state index contributed by atoms with van der Waals surface area (Å²) in [5.41, 5.74) is 1.61. The summed E-state index contributed by atoms with van der Waals surface area (Å²) in [6, 6.07) is 17.5. The molecular formula is C21H20ClN3O3. The largest absolute Gasteiger partial charge is 0.330 e. The zero-order valence-corrected chi connectivity index (χ0v) is 16.1. The molecule has 2 atom stereocenters. The Morgan fingerprint density at radius 1 is 1.11 bits per heavy atom. The van der Waals surface area contributed by atoms with Crippen molar-refractivity contribution in [2.24, 2.45) is 0 Å². The molecule has 0 spiro atoms. The van der Waals surface area contributed by atoms with Crippen molar-refractivity contribution < 1.29 is 4.84 Å². The van der Waals surface area contributed by atoms with Crippen LogP contribution in [0.4, 0.5) is 0 Å². The van der Waals surface area contributed by atoms with E-state index in [1.54, 1.807) is 13.1 Å². The molecule has 0 radical (unpaired) electrons. The molecule has 2 aromatic carbocycles. The maximum atomic E-state index is 12.3. The molecule has 0 amide bonds. The fourth-order valence-electron chi connectivity index (χ4n) is 3.48. The van der Waals surface area contributed by atoms with E-state index < -0.39 is 11.9 Å². The van der Waals surface area contributed by atoms with Gasteiger partial charge in [0, 0.05) is 29.7 Å². The summed E-state index contributed by atoms with van der Waals surface area (Å²) in [6.45, 7) is 2.21. The Morgan fingerprint density at radius 3 is 2.57 bits per heavy atom. The van der Waals surface area contributed by atoms with Gasteiger partial charge >= 0.3 is 5.69 Å². The van der Waals surface area contributed by atoms with Crippen LogP contribution in [0, 0.1) is 6.92 Å². The Balaban J connectivity index is 1.71. The van der Waals surface area contributed by atoms with Gasteiger partial charge < -0.3 is 0 Å². The quantitative estimate of drug-likeness (QED) is 0.730. The molecule has 1 fully saturated rings. The van der Waals surface area contributed by atoms with Crippen LogP contribution in [0.5, 0.6) is 0 Å². The fraction of sp³-hybridized carbons (Fsp3) is 0.238. The third-order valence-electron chi connectivity index (χ3n) is 4.93. The second-order valence-electron chi connectivity index (χ2n) is 6.87. The molecule has 7 heteroatoms. The molecule has 0 saturated carbocycles. The SMILES string of the molecule is Cc1cn([C@H]2C[C@@H](c3ccccc3Cl)N(Cc3ccccc3)O2)c(=O)[nH]c1=O. The highest BCUT2D eigenvalue weighted by molar-refractivity contribution is 6.31. The first-order chi connectivity index (χ1) is 13.5. The van der Waals surface area contributed by atoms with E-state index in [4.69, 9.17) is 16.4 Å². The van der Waals surface area contributed by atoms with Crippen molar-refractivity contribution in [1.82, 2.24) is 14.6 Å². The minimum absolute atomic E-state index is 0.127. The molecule has 2 heterocycles. The smallest absolute Gasteiger partial charge is 0.274 e. The van der Waals surface area contributed by atoms with Crippen LogP contribution in [-0.2, 0) is 11.4 Å². The van der Waals surface area contributed by atoms with Gasteiger partial charge in [0.05, 0.1) is 6.04 Å². The summed E-state index contributed by atoms with van der Waals surface area (Å²) in [5.74, 6) is 0. The number of aromatic amines is 1. The van der Waals surface area contributed by atoms with Crippen molar-refractivity contribution >= 4 is 11.6 Å². The normalized spacial score (nSPS) is 19.8. The number of aromatic nitrogens is 2. The molecule has 1 aliphatic rings. The van der Waals surface area contributed by atoms with E-state index in [2.05, 4.69) is 4.98 Å². The summed E-state index contributed by atoms with van der Waals surface area (Å²) in [7, 11) is 0. The molecule has 3 aromatic rings. The lowest BCUT2D eigenvalue weighted by Gasteiger charge is -2.23. The van der Waals surface area contributed by atoms with E-state index in [-0.39, 0.29) is 11.6 Å². The zero-order valence-electron chi connectivity index (χ0n) is 15.3. The van der Waals surface area contributed by atoms with Gasteiger partial charge in [0.15, 0.2) is 6.23 Å². The average Bonchev–Trinajstić information content (AvgIpc) is 3.09. The van der Waals surface area contributed by atoms with Crippen LogP contribution >= 0.6 is 11.6 Å². The number of hydrogen-bond acceptors (Lipinski definition) is 4. The van der Waals surface area contributed by atoms with Gasteiger partial charge in [0.1, 0.15) is 0 Å². The summed E-state index contributed by atoms with van der Waals surface area (Å²) in [6.07, 6.45) is 1.54. The van der Waals surface area contributed by atoms with Gasteiger partial charge in [0.2, 0.25) is 0 Å². The topological polar surface area (TPSA) is 67.3 Å². The number of halogens is 1. The number of aryl methyl sites for hydroxylation is 1. The second-order valence-corrected chi connectivity index (χ2v) is 7.28. The van der Waals surface area contributed by atoms with Gasteiger partial charge in [-0.15, -0.1) is 0 Å². The molecule has 0 unspecified atom stereocenters. The molecular weight excluding hydrogens is 378 g/mol. The molecule has 1 saturated heterocycles. The summed E-state index contributed by atoms with van der Waals surface area (Å²) in [4.78, 5) is 32.5. The highest BCUT2D eigenvalue weighted by atomic mass is 35.5. The van der Waals surface area contributed by atoms with Crippen LogP contribution in [0.25, 0.3) is 0 Å². The van der Waals surface area contributed by atoms with Crippen LogP contribution in [0.1, 0.15) is 35.4 Å². The van der Waals surface area contributed by atoms with Crippen molar-refractivity contribution in [3.05, 3.63) is 103 Å². The molecule has 1 N–H and O–H groups in total. The third-order valence-corrected chi connectivity index (χ3v) is 5.28. The number of rotatable bonds is 4. The summed E-state index contributed by atoms with van der Waals surface area (Å²) >= 11 is 6.45. The Kier molecular flexibility index (Phi) is 5.17. The fourth-order valence-corrected chi connectivity index (χ4v) is 3.75. The van der Waals surface area contributed by atoms with Gasteiger partial charge in [-0.05, 0) is 24.1 Å². The molecule has 0 aliphatic carbocycles. The van der Waals surface area contributed by atoms with Crippen molar-refractivity contribution in [2.45, 2.75) is 32.2 Å². The highest BCUT2D eigenvalue weighted by Crippen LogP contribution is 2.41. The van der Waals surface area contributed by atoms with Crippen LogP contribution < -0.4 is 11.2 Å². The van der Waals surface area contributed by atoms with E-state index >= 15 is 0 Å². The number of benzene rings is 2. The van der Waals surface area contributed by atoms with E-state index in [9.17, 15) is 9.59 Å². The van der Waals surface area contributed by atoms with E-state index in [0.717, 1.165) is 11.1 Å². The molecule has 1 aliphatic heterocycles. The Hall–Kier alpha value is -2.67. The second kappa shape index (κ2) is 7.75. The Morgan fingerprint density at radius 2 is 1.82 bits per heavy atom. The molecule has 4 rings (SSSR count). The van der Waals surface area contributed by atoms with Gasteiger partial charge in [-0.25, -0.2) is 4.79 Å². The zero-order chi connectivity index (χ0) is 19.7. The molecule has 6 nitrogen and oxygen atoms in total. The average molecular weight is 398 g/mol.